The molecule has 0 fully saturated rings. The molecule has 0 unspecified atom stereocenters. The van der Waals surface area contributed by atoms with Crippen LogP contribution in [0.5, 0.6) is 11.5 Å². The number of rotatable bonds is 7. The van der Waals surface area contributed by atoms with Gasteiger partial charge in [0.2, 0.25) is 0 Å². The number of hydrogen-bond acceptors (Lipinski definition) is 5. The molecular weight excluding hydrogens is 392 g/mol. The van der Waals surface area contributed by atoms with Crippen molar-refractivity contribution >= 4 is 17.5 Å². The highest BCUT2D eigenvalue weighted by Crippen LogP contribution is 2.37. The summed E-state index contributed by atoms with van der Waals surface area (Å²) >= 11 is 6.32. The van der Waals surface area contributed by atoms with E-state index in [1.165, 1.54) is 13.4 Å². The largest absolute Gasteiger partial charge is 0.493 e. The van der Waals surface area contributed by atoms with Crippen molar-refractivity contribution in [3.05, 3.63) is 65.2 Å². The second kappa shape index (κ2) is 8.96. The van der Waals surface area contributed by atoms with Gasteiger partial charge in [0.15, 0.2) is 11.5 Å². The summed E-state index contributed by atoms with van der Waals surface area (Å²) in [7, 11) is 1.51. The van der Waals surface area contributed by atoms with E-state index >= 15 is 0 Å². The Balaban J connectivity index is 1.74. The van der Waals surface area contributed by atoms with E-state index in [-0.39, 0.29) is 18.1 Å². The van der Waals surface area contributed by atoms with Crippen molar-refractivity contribution in [2.75, 3.05) is 7.11 Å². The Hall–Kier alpha value is -3.06. The van der Waals surface area contributed by atoms with Gasteiger partial charge in [-0.05, 0) is 50.6 Å². The van der Waals surface area contributed by atoms with Crippen LogP contribution in [0.1, 0.15) is 42.7 Å². The van der Waals surface area contributed by atoms with E-state index < -0.39 is 0 Å². The summed E-state index contributed by atoms with van der Waals surface area (Å²) in [5, 5.41) is 7.40. The number of nitrogens with one attached hydrogen (secondary N) is 1. The molecule has 0 radical (unpaired) electrons. The summed E-state index contributed by atoms with van der Waals surface area (Å²) in [6.07, 6.45) is 3.04. The molecule has 0 aliphatic rings. The molecule has 152 valence electrons. The lowest BCUT2D eigenvalue weighted by Crippen LogP contribution is -2.26. The van der Waals surface area contributed by atoms with E-state index in [2.05, 4.69) is 15.4 Å². The molecule has 1 heterocycles. The van der Waals surface area contributed by atoms with Crippen molar-refractivity contribution in [2.24, 2.45) is 0 Å². The van der Waals surface area contributed by atoms with Crippen molar-refractivity contribution in [2.45, 2.75) is 32.9 Å². The van der Waals surface area contributed by atoms with Crippen LogP contribution in [-0.2, 0) is 0 Å². The number of halogens is 1. The predicted octanol–water partition coefficient (Wildman–Crippen LogP) is 4.21. The molecule has 8 heteroatoms. The molecule has 2 aromatic carbocycles. The molecule has 3 aromatic rings. The number of carbonyl (C=O) groups excluding carboxylic acids is 1. The van der Waals surface area contributed by atoms with E-state index in [0.29, 0.717) is 22.1 Å². The molecule has 0 bridgehead atoms. The van der Waals surface area contributed by atoms with Gasteiger partial charge in [-0.2, -0.15) is 5.10 Å². The van der Waals surface area contributed by atoms with Crippen LogP contribution in [0.25, 0.3) is 5.69 Å². The number of hydrogen-bond donors (Lipinski definition) is 1. The number of aromatic nitrogens is 3. The summed E-state index contributed by atoms with van der Waals surface area (Å²) in [5.74, 6) is 0.591. The van der Waals surface area contributed by atoms with E-state index in [0.717, 1.165) is 11.3 Å². The van der Waals surface area contributed by atoms with Gasteiger partial charge in [-0.3, -0.25) is 4.79 Å². The molecule has 0 aliphatic heterocycles. The van der Waals surface area contributed by atoms with E-state index in [1.54, 1.807) is 23.1 Å². The molecule has 0 aliphatic carbocycles. The maximum Gasteiger partial charge on any atom is 0.251 e. The van der Waals surface area contributed by atoms with Gasteiger partial charge in [0.25, 0.3) is 5.91 Å². The third-order valence-electron chi connectivity index (χ3n) is 4.27. The van der Waals surface area contributed by atoms with Gasteiger partial charge >= 0.3 is 0 Å². The number of amides is 1. The predicted molar refractivity (Wildman–Crippen MR) is 111 cm³/mol. The fourth-order valence-corrected chi connectivity index (χ4v) is 3.08. The first kappa shape index (κ1) is 20.7. The highest BCUT2D eigenvalue weighted by atomic mass is 35.5. The smallest absolute Gasteiger partial charge is 0.251 e. The van der Waals surface area contributed by atoms with Crippen LogP contribution in [0.15, 0.2) is 49.1 Å². The summed E-state index contributed by atoms with van der Waals surface area (Å²) in [6, 6.07) is 10.7. The van der Waals surface area contributed by atoms with Crippen molar-refractivity contribution in [3.8, 4) is 17.2 Å². The van der Waals surface area contributed by atoms with Crippen LogP contribution in [0.3, 0.4) is 0 Å². The first-order valence-corrected chi connectivity index (χ1v) is 9.57. The lowest BCUT2D eigenvalue weighted by Gasteiger charge is -2.18. The quantitative estimate of drug-likeness (QED) is 0.626. The third kappa shape index (κ3) is 4.86. The van der Waals surface area contributed by atoms with E-state index in [4.69, 9.17) is 21.1 Å². The van der Waals surface area contributed by atoms with Crippen LogP contribution < -0.4 is 14.8 Å². The molecule has 0 saturated carbocycles. The molecular formula is C21H23ClN4O3. The minimum absolute atomic E-state index is 0.0680. The number of nitrogens with zero attached hydrogens (tertiary/aromatic N) is 3. The molecule has 1 aromatic heterocycles. The number of benzene rings is 2. The Morgan fingerprint density at radius 1 is 1.17 bits per heavy atom. The van der Waals surface area contributed by atoms with Gasteiger partial charge in [-0.15, -0.1) is 0 Å². The zero-order chi connectivity index (χ0) is 21.0. The molecule has 3 rings (SSSR count). The van der Waals surface area contributed by atoms with Crippen molar-refractivity contribution in [3.63, 3.8) is 0 Å². The summed E-state index contributed by atoms with van der Waals surface area (Å²) in [4.78, 5) is 16.7. The fourth-order valence-electron chi connectivity index (χ4n) is 2.82. The Morgan fingerprint density at radius 2 is 1.90 bits per heavy atom. The van der Waals surface area contributed by atoms with Crippen LogP contribution in [-0.4, -0.2) is 33.9 Å². The lowest BCUT2D eigenvalue weighted by molar-refractivity contribution is 0.0939. The van der Waals surface area contributed by atoms with E-state index in [9.17, 15) is 4.79 Å². The van der Waals surface area contributed by atoms with Gasteiger partial charge in [0.05, 0.1) is 30.0 Å². The van der Waals surface area contributed by atoms with Crippen LogP contribution in [0.4, 0.5) is 0 Å². The number of ether oxygens (including phenoxy) is 2. The maximum absolute atomic E-state index is 12.7. The summed E-state index contributed by atoms with van der Waals surface area (Å²) in [5.41, 5.74) is 2.25. The monoisotopic (exact) mass is 414 g/mol. The molecule has 0 saturated heterocycles. The van der Waals surface area contributed by atoms with Gasteiger partial charge in [0.1, 0.15) is 12.7 Å². The molecule has 29 heavy (non-hydrogen) atoms. The summed E-state index contributed by atoms with van der Waals surface area (Å²) < 4.78 is 12.7. The minimum atomic E-state index is -0.255. The Bertz CT molecular complexity index is 972. The molecule has 1 atom stereocenters. The van der Waals surface area contributed by atoms with Crippen LogP contribution >= 0.6 is 11.6 Å². The first-order valence-electron chi connectivity index (χ1n) is 9.19. The Kier molecular flexibility index (Phi) is 6.39. The van der Waals surface area contributed by atoms with Gasteiger partial charge < -0.3 is 14.8 Å². The topological polar surface area (TPSA) is 78.3 Å². The zero-order valence-corrected chi connectivity index (χ0v) is 17.5. The van der Waals surface area contributed by atoms with Crippen LogP contribution in [0.2, 0.25) is 5.02 Å². The minimum Gasteiger partial charge on any atom is -0.493 e. The molecule has 7 nitrogen and oxygen atoms in total. The average molecular weight is 415 g/mol. The van der Waals surface area contributed by atoms with E-state index in [1.807, 2.05) is 45.0 Å². The molecule has 0 spiro atoms. The maximum atomic E-state index is 12.7. The van der Waals surface area contributed by atoms with Gasteiger partial charge in [0, 0.05) is 5.56 Å². The second-order valence-corrected chi connectivity index (χ2v) is 7.19. The van der Waals surface area contributed by atoms with Gasteiger partial charge in [-0.1, -0.05) is 23.7 Å². The SMILES string of the molecule is COc1cc(C(=O)N[C@@H](C)c2ccc(-n3cncn3)cc2)cc(Cl)c1OC(C)C. The average Bonchev–Trinajstić information content (AvgIpc) is 3.24. The fraction of sp³-hybridized carbons (Fsp3) is 0.286. The highest BCUT2D eigenvalue weighted by Gasteiger charge is 2.18. The standard InChI is InChI=1S/C21H23ClN4O3/c1-13(2)29-20-18(22)9-16(10-19(20)28-4)21(27)25-14(3)15-5-7-17(8-6-15)26-12-23-11-24-26/h5-14H,1-4H3,(H,25,27)/t14-/m0/s1. The third-order valence-corrected chi connectivity index (χ3v) is 4.55. The Labute approximate surface area is 174 Å². The first-order chi connectivity index (χ1) is 13.9. The van der Waals surface area contributed by atoms with Crippen molar-refractivity contribution in [1.82, 2.24) is 20.1 Å². The number of carbonyl (C=O) groups is 1. The Morgan fingerprint density at radius 3 is 2.48 bits per heavy atom. The summed E-state index contributed by atoms with van der Waals surface area (Å²) in [6.45, 7) is 5.70. The normalized spacial score (nSPS) is 11.9. The lowest BCUT2D eigenvalue weighted by atomic mass is 10.1. The van der Waals surface area contributed by atoms with Crippen molar-refractivity contribution in [1.29, 1.82) is 0 Å². The zero-order valence-electron chi connectivity index (χ0n) is 16.7. The highest BCUT2D eigenvalue weighted by molar-refractivity contribution is 6.32. The second-order valence-electron chi connectivity index (χ2n) is 6.78. The number of methoxy groups -OCH3 is 1. The molecule has 1 N–H and O–H groups in total. The van der Waals surface area contributed by atoms with Crippen LogP contribution in [0, 0.1) is 0 Å². The molecule has 1 amide bonds. The van der Waals surface area contributed by atoms with Gasteiger partial charge in [-0.25, -0.2) is 9.67 Å². The van der Waals surface area contributed by atoms with Crippen molar-refractivity contribution < 1.29 is 14.3 Å².